The van der Waals surface area contributed by atoms with Gasteiger partial charge in [-0.3, -0.25) is 4.57 Å². The number of hydrogen-bond acceptors (Lipinski definition) is 4. The normalized spacial score (nSPS) is 15.3. The largest absolute Gasteiger partial charge is 0.492 e. The van der Waals surface area contributed by atoms with Gasteiger partial charge in [-0.2, -0.15) is 0 Å². The Morgan fingerprint density at radius 2 is 2.05 bits per heavy atom. The van der Waals surface area contributed by atoms with E-state index in [0.29, 0.717) is 6.61 Å². The average Bonchev–Trinajstić information content (AvgIpc) is 2.98. The fraction of sp³-hybridized carbons (Fsp3) is 0.400. The van der Waals surface area contributed by atoms with Crippen molar-refractivity contribution in [3.05, 3.63) is 36.7 Å². The molecular weight excluding hydrogens is 252 g/mol. The Hall–Kier alpha value is -2.01. The summed E-state index contributed by atoms with van der Waals surface area (Å²) in [6.45, 7) is 6.62. The molecule has 1 aliphatic heterocycles. The Bertz CT molecular complexity index is 561. The molecule has 0 amide bonds. The molecule has 3 rings (SSSR count). The van der Waals surface area contributed by atoms with Gasteiger partial charge in [0.25, 0.3) is 0 Å². The van der Waals surface area contributed by atoms with E-state index in [1.54, 1.807) is 0 Å². The van der Waals surface area contributed by atoms with Gasteiger partial charge in [0, 0.05) is 38.6 Å². The third-order valence-corrected chi connectivity index (χ3v) is 3.45. The first kappa shape index (κ1) is 13.0. The maximum atomic E-state index is 5.72. The maximum Gasteiger partial charge on any atom is 0.210 e. The van der Waals surface area contributed by atoms with Crippen LogP contribution in [-0.4, -0.2) is 42.3 Å². The van der Waals surface area contributed by atoms with Crippen molar-refractivity contribution in [3.63, 3.8) is 0 Å². The van der Waals surface area contributed by atoms with Gasteiger partial charge < -0.3 is 15.0 Å². The Balaban J connectivity index is 1.96. The Morgan fingerprint density at radius 3 is 2.85 bits per heavy atom. The molecule has 1 saturated heterocycles. The van der Waals surface area contributed by atoms with Crippen molar-refractivity contribution in [1.29, 1.82) is 0 Å². The average molecular weight is 272 g/mol. The second-order valence-electron chi connectivity index (χ2n) is 4.74. The monoisotopic (exact) mass is 272 g/mol. The lowest BCUT2D eigenvalue weighted by atomic mass is 10.3. The predicted octanol–water partition coefficient (Wildman–Crippen LogP) is 1.68. The summed E-state index contributed by atoms with van der Waals surface area (Å²) >= 11 is 0. The van der Waals surface area contributed by atoms with Crippen molar-refractivity contribution in [2.24, 2.45) is 0 Å². The molecule has 0 atom stereocenters. The molecule has 1 aromatic heterocycles. The minimum atomic E-state index is 0.661. The Morgan fingerprint density at radius 1 is 1.25 bits per heavy atom. The van der Waals surface area contributed by atoms with Crippen LogP contribution in [0.2, 0.25) is 0 Å². The second-order valence-corrected chi connectivity index (χ2v) is 4.74. The molecular formula is C15H20N4O. The molecule has 2 heterocycles. The van der Waals surface area contributed by atoms with Crippen LogP contribution < -0.4 is 15.0 Å². The lowest BCUT2D eigenvalue weighted by Crippen LogP contribution is -2.44. The summed E-state index contributed by atoms with van der Waals surface area (Å²) in [5.74, 6) is 1.88. The number of rotatable bonds is 4. The highest BCUT2D eigenvalue weighted by Crippen LogP contribution is 2.26. The van der Waals surface area contributed by atoms with E-state index in [4.69, 9.17) is 4.74 Å². The van der Waals surface area contributed by atoms with Gasteiger partial charge in [0.2, 0.25) is 5.95 Å². The number of aromatic nitrogens is 2. The highest BCUT2D eigenvalue weighted by molar-refractivity contribution is 5.52. The third-order valence-electron chi connectivity index (χ3n) is 3.45. The lowest BCUT2D eigenvalue weighted by Gasteiger charge is -2.29. The second kappa shape index (κ2) is 5.96. The summed E-state index contributed by atoms with van der Waals surface area (Å²) in [5.41, 5.74) is 1.04. The van der Waals surface area contributed by atoms with Gasteiger partial charge in [-0.05, 0) is 19.1 Å². The summed E-state index contributed by atoms with van der Waals surface area (Å²) in [7, 11) is 0. The summed E-state index contributed by atoms with van der Waals surface area (Å²) < 4.78 is 7.83. The van der Waals surface area contributed by atoms with Crippen LogP contribution in [-0.2, 0) is 0 Å². The quantitative estimate of drug-likeness (QED) is 0.919. The first-order valence-electron chi connectivity index (χ1n) is 7.11. The van der Waals surface area contributed by atoms with E-state index in [1.807, 2.05) is 37.5 Å². The summed E-state index contributed by atoms with van der Waals surface area (Å²) in [6.07, 6.45) is 3.84. The molecule has 2 aromatic rings. The molecule has 1 aromatic carbocycles. The van der Waals surface area contributed by atoms with Crippen molar-refractivity contribution in [3.8, 4) is 11.4 Å². The predicted molar refractivity (Wildman–Crippen MR) is 79.8 cm³/mol. The molecule has 0 saturated carbocycles. The van der Waals surface area contributed by atoms with E-state index >= 15 is 0 Å². The van der Waals surface area contributed by atoms with Gasteiger partial charge in [0.15, 0.2) is 0 Å². The van der Waals surface area contributed by atoms with Crippen molar-refractivity contribution in [2.45, 2.75) is 6.92 Å². The fourth-order valence-corrected chi connectivity index (χ4v) is 2.52. The molecule has 1 aliphatic rings. The number of benzene rings is 1. The number of nitrogens with zero attached hydrogens (tertiary/aromatic N) is 3. The zero-order valence-electron chi connectivity index (χ0n) is 11.7. The Labute approximate surface area is 119 Å². The van der Waals surface area contributed by atoms with Crippen LogP contribution in [0.4, 0.5) is 5.95 Å². The van der Waals surface area contributed by atoms with E-state index in [0.717, 1.165) is 43.6 Å². The van der Waals surface area contributed by atoms with Crippen molar-refractivity contribution in [1.82, 2.24) is 14.9 Å². The van der Waals surface area contributed by atoms with E-state index in [9.17, 15) is 0 Å². The van der Waals surface area contributed by atoms with Gasteiger partial charge in [-0.15, -0.1) is 0 Å². The number of hydrogen-bond donors (Lipinski definition) is 1. The molecule has 0 bridgehead atoms. The molecule has 0 spiro atoms. The summed E-state index contributed by atoms with van der Waals surface area (Å²) in [6, 6.07) is 8.09. The minimum absolute atomic E-state index is 0.661. The van der Waals surface area contributed by atoms with Gasteiger partial charge in [-0.1, -0.05) is 12.1 Å². The first-order chi connectivity index (χ1) is 9.90. The van der Waals surface area contributed by atoms with Crippen LogP contribution in [0.5, 0.6) is 5.75 Å². The molecule has 1 N–H and O–H groups in total. The number of piperazine rings is 1. The minimum Gasteiger partial charge on any atom is -0.492 e. The number of nitrogens with one attached hydrogen (secondary N) is 1. The molecule has 106 valence electrons. The van der Waals surface area contributed by atoms with Crippen molar-refractivity contribution >= 4 is 5.95 Å². The number of imidazole rings is 1. The fourth-order valence-electron chi connectivity index (χ4n) is 2.52. The molecule has 0 radical (unpaired) electrons. The standard InChI is InChI=1S/C15H20N4O/c1-2-20-14-6-4-3-5-13(14)19-12-9-17-15(19)18-10-7-16-8-11-18/h3-6,9,12,16H,2,7-8,10-11H2,1H3. The number of anilines is 1. The van der Waals surface area contributed by atoms with Crippen molar-refractivity contribution in [2.75, 3.05) is 37.7 Å². The highest BCUT2D eigenvalue weighted by Gasteiger charge is 2.17. The molecule has 0 unspecified atom stereocenters. The third kappa shape index (κ3) is 2.49. The van der Waals surface area contributed by atoms with Gasteiger partial charge in [0.05, 0.1) is 12.3 Å². The van der Waals surface area contributed by atoms with E-state index in [1.165, 1.54) is 0 Å². The zero-order valence-corrected chi connectivity index (χ0v) is 11.7. The molecule has 5 nitrogen and oxygen atoms in total. The highest BCUT2D eigenvalue weighted by atomic mass is 16.5. The summed E-state index contributed by atoms with van der Waals surface area (Å²) in [5, 5.41) is 3.36. The molecule has 1 fully saturated rings. The smallest absolute Gasteiger partial charge is 0.210 e. The van der Waals surface area contributed by atoms with Gasteiger partial charge >= 0.3 is 0 Å². The summed E-state index contributed by atoms with van der Waals surface area (Å²) in [4.78, 5) is 6.83. The SMILES string of the molecule is CCOc1ccccc1-n1ccnc1N1CCNCC1. The number of para-hydroxylation sites is 2. The van der Waals surface area contributed by atoms with Gasteiger partial charge in [-0.25, -0.2) is 4.98 Å². The Kier molecular flexibility index (Phi) is 3.87. The number of ether oxygens (including phenoxy) is 1. The first-order valence-corrected chi connectivity index (χ1v) is 7.11. The molecule has 5 heteroatoms. The van der Waals surface area contributed by atoms with Crippen molar-refractivity contribution < 1.29 is 4.74 Å². The van der Waals surface area contributed by atoms with E-state index in [-0.39, 0.29) is 0 Å². The van der Waals surface area contributed by atoms with Crippen LogP contribution >= 0.6 is 0 Å². The van der Waals surface area contributed by atoms with Crippen LogP contribution in [0.3, 0.4) is 0 Å². The molecule has 0 aliphatic carbocycles. The van der Waals surface area contributed by atoms with E-state index in [2.05, 4.69) is 25.8 Å². The van der Waals surface area contributed by atoms with Crippen LogP contribution in [0, 0.1) is 0 Å². The maximum absolute atomic E-state index is 5.72. The molecule has 20 heavy (non-hydrogen) atoms. The lowest BCUT2D eigenvalue weighted by molar-refractivity contribution is 0.339. The van der Waals surface area contributed by atoms with E-state index < -0.39 is 0 Å². The zero-order chi connectivity index (χ0) is 13.8. The topological polar surface area (TPSA) is 42.3 Å². The van der Waals surface area contributed by atoms with Crippen LogP contribution in [0.1, 0.15) is 6.92 Å². The van der Waals surface area contributed by atoms with Crippen LogP contribution in [0.25, 0.3) is 5.69 Å². The van der Waals surface area contributed by atoms with Gasteiger partial charge in [0.1, 0.15) is 5.75 Å². The van der Waals surface area contributed by atoms with Crippen LogP contribution in [0.15, 0.2) is 36.7 Å².